The van der Waals surface area contributed by atoms with E-state index in [0.717, 1.165) is 53.0 Å². The van der Waals surface area contributed by atoms with Crippen molar-refractivity contribution in [3.05, 3.63) is 46.6 Å². The molecule has 0 fully saturated rings. The van der Waals surface area contributed by atoms with Crippen LogP contribution in [0.3, 0.4) is 0 Å². The van der Waals surface area contributed by atoms with E-state index < -0.39 is 11.9 Å². The van der Waals surface area contributed by atoms with Crippen molar-refractivity contribution in [3.63, 3.8) is 0 Å². The van der Waals surface area contributed by atoms with Gasteiger partial charge in [-0.2, -0.15) is 5.90 Å². The second kappa shape index (κ2) is 8.13. The summed E-state index contributed by atoms with van der Waals surface area (Å²) in [6.45, 7) is 7.13. The minimum atomic E-state index is -0.426. The normalized spacial score (nSPS) is 14.3. The van der Waals surface area contributed by atoms with Gasteiger partial charge < -0.3 is 10.2 Å². The summed E-state index contributed by atoms with van der Waals surface area (Å²) in [7, 11) is 0. The second-order valence-corrected chi connectivity index (χ2v) is 8.75. The molecule has 3 heterocycles. The first-order valence-corrected chi connectivity index (χ1v) is 11.0. The van der Waals surface area contributed by atoms with Crippen molar-refractivity contribution in [3.8, 4) is 11.1 Å². The number of pyridine rings is 1. The molecular weight excluding hydrogens is 382 g/mol. The Hall–Kier alpha value is -2.44. The highest BCUT2D eigenvalue weighted by Gasteiger charge is 2.31. The highest BCUT2D eigenvalue weighted by atomic mass is 32.1. The van der Waals surface area contributed by atoms with Crippen molar-refractivity contribution in [1.82, 2.24) is 4.98 Å². The van der Waals surface area contributed by atoms with E-state index in [1.54, 1.807) is 11.3 Å². The Bertz CT molecular complexity index is 1060. The van der Waals surface area contributed by atoms with Crippen LogP contribution in [0.15, 0.2) is 24.3 Å². The fourth-order valence-electron chi connectivity index (χ4n) is 4.36. The van der Waals surface area contributed by atoms with Crippen LogP contribution in [0.5, 0.6) is 0 Å². The number of fused-ring (bicyclic) bond motifs is 3. The van der Waals surface area contributed by atoms with E-state index in [1.165, 1.54) is 21.5 Å². The molecule has 3 N–H and O–H groups in total. The van der Waals surface area contributed by atoms with Gasteiger partial charge in [0.1, 0.15) is 4.83 Å². The Kier molecular flexibility index (Phi) is 5.56. The van der Waals surface area contributed by atoms with E-state index in [4.69, 9.17) is 15.7 Å². The van der Waals surface area contributed by atoms with E-state index in [1.807, 2.05) is 6.92 Å². The van der Waals surface area contributed by atoms with Crippen molar-refractivity contribution in [2.45, 2.75) is 52.4 Å². The molecule has 0 radical (unpaired) electrons. The van der Waals surface area contributed by atoms with Gasteiger partial charge in [0, 0.05) is 17.6 Å². The minimum Gasteiger partial charge on any atom is -0.377 e. The largest absolute Gasteiger partial charge is 0.377 e. The van der Waals surface area contributed by atoms with E-state index in [2.05, 4.69) is 43.4 Å². The van der Waals surface area contributed by atoms with Gasteiger partial charge in [-0.15, -0.1) is 0 Å². The molecular formula is C23H27N3O2S. The van der Waals surface area contributed by atoms with Crippen LogP contribution in [0.1, 0.15) is 54.5 Å². The van der Waals surface area contributed by atoms with E-state index in [-0.39, 0.29) is 0 Å². The topological polar surface area (TPSA) is 77.2 Å². The molecule has 0 amide bonds. The lowest BCUT2D eigenvalue weighted by Crippen LogP contribution is -2.21. The molecule has 29 heavy (non-hydrogen) atoms. The molecule has 0 aliphatic carbocycles. The number of anilines is 1. The van der Waals surface area contributed by atoms with Gasteiger partial charge in [0.05, 0.1) is 10.9 Å². The zero-order valence-corrected chi connectivity index (χ0v) is 18.0. The number of carbonyl (C=O) groups is 1. The first kappa shape index (κ1) is 19.9. The van der Waals surface area contributed by atoms with Gasteiger partial charge in [0.2, 0.25) is 0 Å². The van der Waals surface area contributed by atoms with Crippen molar-refractivity contribution in [2.24, 2.45) is 5.90 Å². The summed E-state index contributed by atoms with van der Waals surface area (Å²) in [6.07, 6.45) is 3.64. The third kappa shape index (κ3) is 3.51. The standard InChI is InChI=1S/C23H27N3O2S/c1-4-6-17(23(27)28-24)18-14(3)26-22-20(16-7-5-12-25-21(16)29-22)19(18)15-10-8-13(2)9-11-15/h8-11,17,25H,4-7,12,24H2,1-3H3. The molecule has 1 atom stereocenters. The first-order chi connectivity index (χ1) is 14.0. The maximum absolute atomic E-state index is 12.7. The Morgan fingerprint density at radius 3 is 2.76 bits per heavy atom. The molecule has 5 nitrogen and oxygen atoms in total. The molecule has 1 aliphatic rings. The highest BCUT2D eigenvalue weighted by molar-refractivity contribution is 7.22. The predicted molar refractivity (Wildman–Crippen MR) is 119 cm³/mol. The number of rotatable bonds is 5. The SMILES string of the molecule is CCCC(C(=O)ON)c1c(C)nc2sc3c(c2c1-c1ccc(C)cc1)CCCN3. The smallest absolute Gasteiger partial charge is 0.331 e. The number of aryl methyl sites for hydroxylation is 3. The summed E-state index contributed by atoms with van der Waals surface area (Å²) in [5.74, 6) is 4.50. The average Bonchev–Trinajstić information content (AvgIpc) is 3.09. The molecule has 0 saturated heterocycles. The minimum absolute atomic E-state index is 0.397. The van der Waals surface area contributed by atoms with Crippen LogP contribution < -0.4 is 11.2 Å². The predicted octanol–water partition coefficient (Wildman–Crippen LogP) is 5.24. The van der Waals surface area contributed by atoms with Gasteiger partial charge in [-0.25, -0.2) is 9.78 Å². The second-order valence-electron chi connectivity index (χ2n) is 7.75. The quantitative estimate of drug-likeness (QED) is 0.564. The fraction of sp³-hybridized carbons (Fsp3) is 0.391. The molecule has 0 spiro atoms. The number of nitrogens with two attached hydrogens (primary N) is 1. The van der Waals surface area contributed by atoms with Crippen molar-refractivity contribution < 1.29 is 9.63 Å². The van der Waals surface area contributed by atoms with Gasteiger partial charge in [-0.1, -0.05) is 54.5 Å². The molecule has 2 aromatic heterocycles. The number of nitrogens with zero attached hydrogens (tertiary/aromatic N) is 1. The monoisotopic (exact) mass is 409 g/mol. The Morgan fingerprint density at radius 1 is 1.31 bits per heavy atom. The summed E-state index contributed by atoms with van der Waals surface area (Å²) < 4.78 is 0. The zero-order chi connectivity index (χ0) is 20.5. The van der Waals surface area contributed by atoms with Gasteiger partial charge in [-0.05, 0) is 55.4 Å². The van der Waals surface area contributed by atoms with Gasteiger partial charge in [-0.3, -0.25) is 0 Å². The molecule has 6 heteroatoms. The molecule has 4 rings (SSSR count). The van der Waals surface area contributed by atoms with Crippen molar-refractivity contribution >= 4 is 32.5 Å². The van der Waals surface area contributed by atoms with Crippen molar-refractivity contribution in [2.75, 3.05) is 11.9 Å². The zero-order valence-electron chi connectivity index (χ0n) is 17.2. The van der Waals surface area contributed by atoms with Gasteiger partial charge >= 0.3 is 5.97 Å². The van der Waals surface area contributed by atoms with Crippen LogP contribution in [0, 0.1) is 13.8 Å². The van der Waals surface area contributed by atoms with E-state index >= 15 is 0 Å². The van der Waals surface area contributed by atoms with Crippen LogP contribution in [-0.2, 0) is 16.1 Å². The fourth-order valence-corrected chi connectivity index (χ4v) is 5.57. The highest BCUT2D eigenvalue weighted by Crippen LogP contribution is 2.46. The molecule has 0 bridgehead atoms. The lowest BCUT2D eigenvalue weighted by molar-refractivity contribution is -0.146. The molecule has 1 aliphatic heterocycles. The van der Waals surface area contributed by atoms with Gasteiger partial charge in [0.25, 0.3) is 0 Å². The van der Waals surface area contributed by atoms with Crippen LogP contribution in [0.4, 0.5) is 5.00 Å². The summed E-state index contributed by atoms with van der Waals surface area (Å²) >= 11 is 1.71. The summed E-state index contributed by atoms with van der Waals surface area (Å²) in [6, 6.07) is 8.52. The van der Waals surface area contributed by atoms with E-state index in [0.29, 0.717) is 6.42 Å². The molecule has 1 aromatic carbocycles. The first-order valence-electron chi connectivity index (χ1n) is 10.2. The number of carbonyl (C=O) groups excluding carboxylic acids is 1. The number of hydrogen-bond acceptors (Lipinski definition) is 6. The summed E-state index contributed by atoms with van der Waals surface area (Å²) in [5.41, 5.74) is 6.56. The summed E-state index contributed by atoms with van der Waals surface area (Å²) in [5, 5.41) is 5.91. The molecule has 1 unspecified atom stereocenters. The van der Waals surface area contributed by atoms with E-state index in [9.17, 15) is 4.79 Å². The summed E-state index contributed by atoms with van der Waals surface area (Å²) in [4.78, 5) is 23.3. The molecule has 0 saturated carbocycles. The number of thiophene rings is 1. The number of hydrogen-bond donors (Lipinski definition) is 2. The van der Waals surface area contributed by atoms with Crippen molar-refractivity contribution in [1.29, 1.82) is 0 Å². The Morgan fingerprint density at radius 2 is 2.07 bits per heavy atom. The molecule has 3 aromatic rings. The lowest BCUT2D eigenvalue weighted by atomic mass is 9.84. The van der Waals surface area contributed by atoms with Crippen LogP contribution >= 0.6 is 11.3 Å². The third-order valence-electron chi connectivity index (χ3n) is 5.72. The number of benzene rings is 1. The van der Waals surface area contributed by atoms with Crippen LogP contribution in [0.2, 0.25) is 0 Å². The average molecular weight is 410 g/mol. The number of aromatic nitrogens is 1. The maximum atomic E-state index is 12.7. The lowest BCUT2D eigenvalue weighted by Gasteiger charge is -2.22. The Balaban J connectivity index is 2.08. The van der Waals surface area contributed by atoms with Gasteiger partial charge in [0.15, 0.2) is 0 Å². The van der Waals surface area contributed by atoms with Crippen LogP contribution in [0.25, 0.3) is 21.3 Å². The van der Waals surface area contributed by atoms with Crippen LogP contribution in [-0.4, -0.2) is 17.5 Å². The number of nitrogens with one attached hydrogen (secondary N) is 1. The Labute approximate surface area is 175 Å². The maximum Gasteiger partial charge on any atom is 0.331 e. The third-order valence-corrected chi connectivity index (χ3v) is 6.81. The molecule has 152 valence electrons.